The predicted octanol–water partition coefficient (Wildman–Crippen LogP) is 4.14. The van der Waals surface area contributed by atoms with Gasteiger partial charge >= 0.3 is 0 Å². The molecule has 1 heterocycles. The monoisotopic (exact) mass is 350 g/mol. The number of nitrogens with one attached hydrogen (secondary N) is 1. The summed E-state index contributed by atoms with van der Waals surface area (Å²) in [7, 11) is 3.13. The second-order valence-electron chi connectivity index (χ2n) is 5.32. The van der Waals surface area contributed by atoms with Gasteiger partial charge in [0.1, 0.15) is 5.75 Å². The standard InChI is InChI=1S/C20H18N2O4/c1-24-16-7-5-6-14(12-16)20(23)22-15-10-11-19(21-13-15)26-18-9-4-3-8-17(18)25-2/h3-13H,1-2H3,(H,22,23). The molecule has 0 saturated carbocycles. The summed E-state index contributed by atoms with van der Waals surface area (Å²) in [6.45, 7) is 0. The first-order chi connectivity index (χ1) is 12.7. The molecule has 1 aromatic heterocycles. The fourth-order valence-corrected chi connectivity index (χ4v) is 2.30. The molecule has 6 nitrogen and oxygen atoms in total. The van der Waals surface area contributed by atoms with E-state index in [9.17, 15) is 4.79 Å². The number of aromatic nitrogens is 1. The summed E-state index contributed by atoms with van der Waals surface area (Å²) in [5.41, 5.74) is 1.06. The summed E-state index contributed by atoms with van der Waals surface area (Å²) in [5.74, 6) is 1.95. The van der Waals surface area contributed by atoms with Gasteiger partial charge in [0.2, 0.25) is 5.88 Å². The molecular formula is C20H18N2O4. The Labute approximate surface area is 151 Å². The van der Waals surface area contributed by atoms with Gasteiger partial charge < -0.3 is 19.5 Å². The lowest BCUT2D eigenvalue weighted by molar-refractivity contribution is 0.102. The number of hydrogen-bond donors (Lipinski definition) is 1. The van der Waals surface area contributed by atoms with E-state index in [0.29, 0.717) is 34.4 Å². The summed E-state index contributed by atoms with van der Waals surface area (Å²) in [6, 6.07) is 17.6. The minimum absolute atomic E-state index is 0.246. The van der Waals surface area contributed by atoms with E-state index in [0.717, 1.165) is 0 Å². The number of pyridine rings is 1. The highest BCUT2D eigenvalue weighted by molar-refractivity contribution is 6.04. The maximum Gasteiger partial charge on any atom is 0.255 e. The van der Waals surface area contributed by atoms with Crippen molar-refractivity contribution in [1.29, 1.82) is 0 Å². The molecule has 0 aliphatic carbocycles. The third-order valence-electron chi connectivity index (χ3n) is 3.61. The summed E-state index contributed by atoms with van der Waals surface area (Å²) in [4.78, 5) is 16.5. The second-order valence-corrected chi connectivity index (χ2v) is 5.32. The molecule has 26 heavy (non-hydrogen) atoms. The number of carbonyl (C=O) groups excluding carboxylic acids is 1. The maximum absolute atomic E-state index is 12.3. The van der Waals surface area contributed by atoms with Crippen LogP contribution in [0.15, 0.2) is 66.9 Å². The number of rotatable bonds is 6. The van der Waals surface area contributed by atoms with E-state index in [1.165, 1.54) is 6.20 Å². The first kappa shape index (κ1) is 17.3. The lowest BCUT2D eigenvalue weighted by atomic mass is 10.2. The molecule has 0 bridgehead atoms. The molecule has 3 aromatic rings. The van der Waals surface area contributed by atoms with E-state index >= 15 is 0 Å². The molecule has 0 aliphatic rings. The zero-order valence-corrected chi connectivity index (χ0v) is 14.4. The van der Waals surface area contributed by atoms with E-state index < -0.39 is 0 Å². The summed E-state index contributed by atoms with van der Waals surface area (Å²) < 4.78 is 16.1. The lowest BCUT2D eigenvalue weighted by Crippen LogP contribution is -2.12. The van der Waals surface area contributed by atoms with E-state index in [4.69, 9.17) is 14.2 Å². The smallest absolute Gasteiger partial charge is 0.255 e. The highest BCUT2D eigenvalue weighted by atomic mass is 16.5. The van der Waals surface area contributed by atoms with Crippen LogP contribution in [0, 0.1) is 0 Å². The fraction of sp³-hybridized carbons (Fsp3) is 0.100. The number of amides is 1. The van der Waals surface area contributed by atoms with Gasteiger partial charge in [0.05, 0.1) is 26.1 Å². The molecule has 0 aliphatic heterocycles. The van der Waals surface area contributed by atoms with Gasteiger partial charge in [-0.1, -0.05) is 18.2 Å². The van der Waals surface area contributed by atoms with Gasteiger partial charge in [-0.3, -0.25) is 4.79 Å². The number of anilines is 1. The highest BCUT2D eigenvalue weighted by Gasteiger charge is 2.09. The van der Waals surface area contributed by atoms with Crippen molar-refractivity contribution in [3.05, 3.63) is 72.4 Å². The van der Waals surface area contributed by atoms with Crippen molar-refractivity contribution in [2.24, 2.45) is 0 Å². The number of ether oxygens (including phenoxy) is 3. The van der Waals surface area contributed by atoms with Gasteiger partial charge in [0.15, 0.2) is 11.5 Å². The van der Waals surface area contributed by atoms with Crippen LogP contribution in [0.25, 0.3) is 0 Å². The minimum Gasteiger partial charge on any atom is -0.497 e. The number of carbonyl (C=O) groups is 1. The topological polar surface area (TPSA) is 69.7 Å². The average molecular weight is 350 g/mol. The second kappa shape index (κ2) is 8.02. The Bertz CT molecular complexity index is 894. The normalized spacial score (nSPS) is 10.1. The van der Waals surface area contributed by atoms with E-state index in [2.05, 4.69) is 10.3 Å². The number of methoxy groups -OCH3 is 2. The average Bonchev–Trinajstić information content (AvgIpc) is 2.70. The molecular weight excluding hydrogens is 332 g/mol. The minimum atomic E-state index is -0.246. The first-order valence-corrected chi connectivity index (χ1v) is 7.92. The van der Waals surface area contributed by atoms with E-state index in [-0.39, 0.29) is 5.91 Å². The molecule has 2 aromatic carbocycles. The Morgan fingerprint density at radius 3 is 2.42 bits per heavy atom. The number of para-hydroxylation sites is 2. The van der Waals surface area contributed by atoms with Crippen LogP contribution in [-0.2, 0) is 0 Å². The molecule has 0 atom stereocenters. The Morgan fingerprint density at radius 2 is 1.73 bits per heavy atom. The van der Waals surface area contributed by atoms with Crippen LogP contribution in [0.5, 0.6) is 23.1 Å². The van der Waals surface area contributed by atoms with Crippen LogP contribution >= 0.6 is 0 Å². The lowest BCUT2D eigenvalue weighted by Gasteiger charge is -2.10. The molecule has 1 N–H and O–H groups in total. The first-order valence-electron chi connectivity index (χ1n) is 7.92. The van der Waals surface area contributed by atoms with Crippen molar-refractivity contribution in [3.63, 3.8) is 0 Å². The van der Waals surface area contributed by atoms with Crippen molar-refractivity contribution in [1.82, 2.24) is 4.98 Å². The largest absolute Gasteiger partial charge is 0.497 e. The molecule has 1 amide bonds. The summed E-state index contributed by atoms with van der Waals surface area (Å²) >= 11 is 0. The third kappa shape index (κ3) is 4.10. The van der Waals surface area contributed by atoms with Crippen molar-refractivity contribution in [2.75, 3.05) is 19.5 Å². The maximum atomic E-state index is 12.3. The highest BCUT2D eigenvalue weighted by Crippen LogP contribution is 2.30. The van der Waals surface area contributed by atoms with Crippen LogP contribution < -0.4 is 19.5 Å². The zero-order valence-electron chi connectivity index (χ0n) is 14.4. The van der Waals surface area contributed by atoms with Gasteiger partial charge in [-0.15, -0.1) is 0 Å². The van der Waals surface area contributed by atoms with Gasteiger partial charge in [-0.2, -0.15) is 0 Å². The number of hydrogen-bond acceptors (Lipinski definition) is 5. The van der Waals surface area contributed by atoms with Crippen molar-refractivity contribution in [3.8, 4) is 23.1 Å². The van der Waals surface area contributed by atoms with Crippen LogP contribution in [0.1, 0.15) is 10.4 Å². The Hall–Kier alpha value is -3.54. The molecule has 6 heteroatoms. The molecule has 132 valence electrons. The van der Waals surface area contributed by atoms with E-state index in [1.54, 1.807) is 62.8 Å². The number of nitrogens with zero attached hydrogens (tertiary/aromatic N) is 1. The third-order valence-corrected chi connectivity index (χ3v) is 3.61. The Balaban J connectivity index is 1.68. The molecule has 0 saturated heterocycles. The quantitative estimate of drug-likeness (QED) is 0.723. The van der Waals surface area contributed by atoms with Crippen LogP contribution in [-0.4, -0.2) is 25.1 Å². The van der Waals surface area contributed by atoms with Crippen molar-refractivity contribution in [2.45, 2.75) is 0 Å². The van der Waals surface area contributed by atoms with Gasteiger partial charge in [-0.25, -0.2) is 4.98 Å². The molecule has 3 rings (SSSR count). The van der Waals surface area contributed by atoms with Crippen molar-refractivity contribution >= 4 is 11.6 Å². The van der Waals surface area contributed by atoms with Crippen LogP contribution in [0.3, 0.4) is 0 Å². The van der Waals surface area contributed by atoms with Crippen molar-refractivity contribution < 1.29 is 19.0 Å². The molecule has 0 fully saturated rings. The Morgan fingerprint density at radius 1 is 0.923 bits per heavy atom. The summed E-state index contributed by atoms with van der Waals surface area (Å²) in [5, 5.41) is 2.79. The van der Waals surface area contributed by atoms with E-state index in [1.807, 2.05) is 12.1 Å². The SMILES string of the molecule is COc1cccc(C(=O)Nc2ccc(Oc3ccccc3OC)nc2)c1. The Kier molecular flexibility index (Phi) is 5.34. The zero-order chi connectivity index (χ0) is 18.4. The molecule has 0 radical (unpaired) electrons. The molecule has 0 unspecified atom stereocenters. The predicted molar refractivity (Wildman–Crippen MR) is 98.3 cm³/mol. The van der Waals surface area contributed by atoms with Crippen LogP contribution in [0.2, 0.25) is 0 Å². The van der Waals surface area contributed by atoms with Gasteiger partial charge in [0.25, 0.3) is 5.91 Å². The fourth-order valence-electron chi connectivity index (χ4n) is 2.30. The number of benzene rings is 2. The van der Waals surface area contributed by atoms with Gasteiger partial charge in [0, 0.05) is 11.6 Å². The van der Waals surface area contributed by atoms with Crippen LogP contribution in [0.4, 0.5) is 5.69 Å². The molecule has 0 spiro atoms. The van der Waals surface area contributed by atoms with Gasteiger partial charge in [-0.05, 0) is 36.4 Å². The summed E-state index contributed by atoms with van der Waals surface area (Å²) in [6.07, 6.45) is 1.53.